The van der Waals surface area contributed by atoms with Crippen LogP contribution in [0, 0.1) is 51.8 Å². The van der Waals surface area contributed by atoms with Gasteiger partial charge < -0.3 is 0 Å². The van der Waals surface area contributed by atoms with Gasteiger partial charge in [-0.2, -0.15) is 0 Å². The van der Waals surface area contributed by atoms with Gasteiger partial charge in [-0.05, 0) is 110 Å². The van der Waals surface area contributed by atoms with E-state index in [1.165, 1.54) is 44.9 Å². The van der Waals surface area contributed by atoms with Crippen molar-refractivity contribution < 1.29 is 0 Å². The van der Waals surface area contributed by atoms with Crippen molar-refractivity contribution >= 4 is 0 Å². The van der Waals surface area contributed by atoms with Crippen LogP contribution in [0.15, 0.2) is 0 Å². The molecule has 8 atom stereocenters. The molecule has 8 unspecified atom stereocenters. The van der Waals surface area contributed by atoms with Crippen molar-refractivity contribution in [2.45, 2.75) is 133 Å². The van der Waals surface area contributed by atoms with Crippen molar-refractivity contribution in [3.8, 4) is 0 Å². The second-order valence-corrected chi connectivity index (χ2v) is 12.2. The van der Waals surface area contributed by atoms with E-state index >= 15 is 0 Å². The van der Waals surface area contributed by atoms with Gasteiger partial charge in [-0.1, -0.05) is 75.7 Å². The third-order valence-electron chi connectivity index (χ3n) is 10.6. The van der Waals surface area contributed by atoms with Gasteiger partial charge in [-0.3, -0.25) is 0 Å². The molecular weight excluding hydrogens is 348 g/mol. The first-order valence-corrected chi connectivity index (χ1v) is 13.7. The van der Waals surface area contributed by atoms with Crippen molar-refractivity contribution in [2.24, 2.45) is 51.8 Å². The summed E-state index contributed by atoms with van der Waals surface area (Å²) in [6.07, 6.45) is 15.3. The summed E-state index contributed by atoms with van der Waals surface area (Å²) in [7, 11) is 0. The number of fused-ring (bicyclic) bond motifs is 5. The van der Waals surface area contributed by atoms with Gasteiger partial charge in [-0.25, -0.2) is 0 Å². The minimum atomic E-state index is 0.634. The van der Waals surface area contributed by atoms with E-state index in [1.807, 2.05) is 27.7 Å². The van der Waals surface area contributed by atoms with Gasteiger partial charge in [0.2, 0.25) is 0 Å². The van der Waals surface area contributed by atoms with Crippen molar-refractivity contribution in [3.05, 3.63) is 0 Å². The summed E-state index contributed by atoms with van der Waals surface area (Å²) in [6, 6.07) is 0. The molecule has 0 heterocycles. The van der Waals surface area contributed by atoms with Crippen LogP contribution in [0.4, 0.5) is 0 Å². The first kappa shape index (κ1) is 25.3. The molecule has 0 aromatic heterocycles. The predicted molar refractivity (Wildman–Crippen MR) is 131 cm³/mol. The Balaban J connectivity index is 0.000000707. The molecular formula is C29H56. The van der Waals surface area contributed by atoms with Crippen LogP contribution in [0.5, 0.6) is 0 Å². The highest BCUT2D eigenvalue weighted by molar-refractivity contribution is 5.12. The second kappa shape index (κ2) is 9.65. The van der Waals surface area contributed by atoms with Crippen molar-refractivity contribution in [1.29, 1.82) is 0 Å². The quantitative estimate of drug-likeness (QED) is 0.429. The van der Waals surface area contributed by atoms with Crippen molar-refractivity contribution in [1.82, 2.24) is 0 Å². The fourth-order valence-corrected chi connectivity index (χ4v) is 9.00. The Morgan fingerprint density at radius 1 is 0.759 bits per heavy atom. The van der Waals surface area contributed by atoms with Gasteiger partial charge in [0.15, 0.2) is 0 Å². The molecule has 29 heavy (non-hydrogen) atoms. The Labute approximate surface area is 185 Å². The number of rotatable bonds is 2. The maximum atomic E-state index is 2.74. The number of hydrogen-bond acceptors (Lipinski definition) is 0. The summed E-state index contributed by atoms with van der Waals surface area (Å²) < 4.78 is 0. The molecule has 4 rings (SSSR count). The minimum Gasteiger partial charge on any atom is -0.0683 e. The van der Waals surface area contributed by atoms with Crippen LogP contribution in [-0.4, -0.2) is 0 Å². The van der Waals surface area contributed by atoms with E-state index in [0.29, 0.717) is 16.2 Å². The zero-order chi connectivity index (χ0) is 22.0. The highest BCUT2D eigenvalue weighted by Gasteiger charge is 2.62. The summed E-state index contributed by atoms with van der Waals surface area (Å²) in [6.45, 7) is 23.5. The summed E-state index contributed by atoms with van der Waals surface area (Å²) >= 11 is 0. The topological polar surface area (TPSA) is 0 Å². The van der Waals surface area contributed by atoms with Crippen molar-refractivity contribution in [3.63, 3.8) is 0 Å². The first-order valence-electron chi connectivity index (χ1n) is 13.7. The summed E-state index contributed by atoms with van der Waals surface area (Å²) in [5, 5.41) is 0. The lowest BCUT2D eigenvalue weighted by molar-refractivity contribution is -0.160. The largest absolute Gasteiger partial charge is 0.0683 e. The lowest BCUT2D eigenvalue weighted by atomic mass is 9.40. The third kappa shape index (κ3) is 4.22. The molecule has 0 aromatic carbocycles. The molecule has 4 fully saturated rings. The molecule has 0 aromatic rings. The third-order valence-corrected chi connectivity index (χ3v) is 10.6. The van der Waals surface area contributed by atoms with Crippen LogP contribution in [-0.2, 0) is 0 Å². The van der Waals surface area contributed by atoms with Gasteiger partial charge in [0, 0.05) is 0 Å². The van der Waals surface area contributed by atoms with Gasteiger partial charge >= 0.3 is 0 Å². The molecule has 0 N–H and O–H groups in total. The lowest BCUT2D eigenvalue weighted by Gasteiger charge is -2.65. The van der Waals surface area contributed by atoms with Crippen LogP contribution in [0.1, 0.15) is 133 Å². The number of hydrogen-bond donors (Lipinski definition) is 0. The SMILES string of the molecule is CC.CC.CC(C)CC1CCC2C3CCC4(C)CC(C)CCC4(C)C3CCC12C. The predicted octanol–water partition coefficient (Wildman–Crippen LogP) is 9.77. The van der Waals surface area contributed by atoms with Gasteiger partial charge in [0.25, 0.3) is 0 Å². The molecule has 0 saturated heterocycles. The Morgan fingerprint density at radius 3 is 2.03 bits per heavy atom. The Bertz CT molecular complexity index is 506. The highest BCUT2D eigenvalue weighted by Crippen LogP contribution is 2.71. The van der Waals surface area contributed by atoms with Crippen LogP contribution in [0.25, 0.3) is 0 Å². The molecule has 0 amide bonds. The molecule has 4 aliphatic rings. The van der Waals surface area contributed by atoms with E-state index in [9.17, 15) is 0 Å². The normalized spacial score (nSPS) is 48.3. The van der Waals surface area contributed by atoms with Gasteiger partial charge in [0.1, 0.15) is 0 Å². The maximum Gasteiger partial charge on any atom is -0.0241 e. The highest BCUT2D eigenvalue weighted by atomic mass is 14.7. The zero-order valence-corrected chi connectivity index (χ0v) is 22.0. The van der Waals surface area contributed by atoms with E-state index in [0.717, 1.165) is 35.5 Å². The summed E-state index contributed by atoms with van der Waals surface area (Å²) in [5.74, 6) is 6.01. The van der Waals surface area contributed by atoms with Crippen LogP contribution in [0.2, 0.25) is 0 Å². The molecule has 0 aliphatic heterocycles. The minimum absolute atomic E-state index is 0.634. The molecule has 0 spiro atoms. The molecule has 4 aliphatic carbocycles. The standard InChI is InChI=1S/C25H44.2C2H6/c1-17(2)15-19-7-8-21-20-10-12-23(4)16-18(3)9-14-25(23,6)22(20)11-13-24(19,21)5;2*1-2/h17-22H,7-16H2,1-6H3;2*1-2H3. The molecule has 0 radical (unpaired) electrons. The van der Waals surface area contributed by atoms with E-state index in [-0.39, 0.29) is 0 Å². The van der Waals surface area contributed by atoms with E-state index in [4.69, 9.17) is 0 Å². The monoisotopic (exact) mass is 404 g/mol. The summed E-state index contributed by atoms with van der Waals surface area (Å²) in [5.41, 5.74) is 1.95. The fraction of sp³-hybridized carbons (Fsp3) is 1.00. The van der Waals surface area contributed by atoms with Crippen LogP contribution >= 0.6 is 0 Å². The Kier molecular flexibility index (Phi) is 8.40. The smallest absolute Gasteiger partial charge is 0.0241 e. The van der Waals surface area contributed by atoms with Gasteiger partial charge in [-0.15, -0.1) is 0 Å². The molecule has 0 nitrogen and oxygen atoms in total. The van der Waals surface area contributed by atoms with Gasteiger partial charge in [0.05, 0.1) is 0 Å². The molecule has 0 bridgehead atoms. The molecule has 172 valence electrons. The lowest BCUT2D eigenvalue weighted by Crippen LogP contribution is -2.57. The second-order valence-electron chi connectivity index (χ2n) is 12.2. The van der Waals surface area contributed by atoms with Crippen LogP contribution in [0.3, 0.4) is 0 Å². The first-order chi connectivity index (χ1) is 13.7. The molecule has 0 heteroatoms. The van der Waals surface area contributed by atoms with E-state index in [2.05, 4.69) is 41.5 Å². The molecule has 4 saturated carbocycles. The summed E-state index contributed by atoms with van der Waals surface area (Å²) in [4.78, 5) is 0. The van der Waals surface area contributed by atoms with E-state index in [1.54, 1.807) is 19.3 Å². The average Bonchev–Trinajstić information content (AvgIpc) is 3.02. The fourth-order valence-electron chi connectivity index (χ4n) is 9.00. The maximum absolute atomic E-state index is 2.74. The van der Waals surface area contributed by atoms with Crippen LogP contribution < -0.4 is 0 Å². The zero-order valence-electron chi connectivity index (χ0n) is 22.0. The van der Waals surface area contributed by atoms with Crippen molar-refractivity contribution in [2.75, 3.05) is 0 Å². The Morgan fingerprint density at radius 2 is 1.41 bits per heavy atom. The Hall–Kier alpha value is 0. The average molecular weight is 405 g/mol. The van der Waals surface area contributed by atoms with E-state index < -0.39 is 0 Å².